The molecule has 7 heteroatoms. The lowest BCUT2D eigenvalue weighted by molar-refractivity contribution is -0.709. The fourth-order valence-electron chi connectivity index (χ4n) is 2.74. The minimum atomic E-state index is -0.0636. The van der Waals surface area contributed by atoms with Crippen LogP contribution in [0.15, 0.2) is 52.2 Å². The molecule has 25 heavy (non-hydrogen) atoms. The molecule has 4 rings (SSSR count). The molecule has 0 aliphatic heterocycles. The highest BCUT2D eigenvalue weighted by Gasteiger charge is 2.17. The van der Waals surface area contributed by atoms with Crippen molar-refractivity contribution in [2.45, 2.75) is 19.5 Å². The van der Waals surface area contributed by atoms with E-state index in [1.54, 1.807) is 17.5 Å². The largest absolute Gasteiger partial charge is 0.334 e. The maximum absolute atomic E-state index is 12.6. The van der Waals surface area contributed by atoms with Gasteiger partial charge in [-0.05, 0) is 24.4 Å². The van der Waals surface area contributed by atoms with Crippen LogP contribution in [0.3, 0.4) is 0 Å². The van der Waals surface area contributed by atoms with Crippen molar-refractivity contribution in [2.75, 3.05) is 0 Å². The van der Waals surface area contributed by atoms with E-state index in [0.29, 0.717) is 11.2 Å². The van der Waals surface area contributed by atoms with Crippen molar-refractivity contribution in [3.63, 3.8) is 0 Å². The first kappa shape index (κ1) is 16.1. The Bertz CT molecular complexity index is 1040. The Labute approximate surface area is 152 Å². The monoisotopic (exact) mass is 369 g/mol. The average molecular weight is 369 g/mol. The van der Waals surface area contributed by atoms with E-state index in [2.05, 4.69) is 15.3 Å². The summed E-state index contributed by atoms with van der Waals surface area (Å²) in [6.07, 6.45) is 3.62. The Balaban J connectivity index is 1.62. The van der Waals surface area contributed by atoms with E-state index in [-0.39, 0.29) is 11.6 Å². The summed E-state index contributed by atoms with van der Waals surface area (Å²) in [5.74, 6) is 0.709. The van der Waals surface area contributed by atoms with Gasteiger partial charge in [0.1, 0.15) is 17.4 Å². The molecule has 0 aliphatic carbocycles. The van der Waals surface area contributed by atoms with Gasteiger partial charge in [-0.15, -0.1) is 22.7 Å². The Hall–Kier alpha value is -2.35. The van der Waals surface area contributed by atoms with Gasteiger partial charge in [-0.25, -0.2) is 4.98 Å². The van der Waals surface area contributed by atoms with Crippen molar-refractivity contribution < 1.29 is 5.32 Å². The van der Waals surface area contributed by atoms with Crippen LogP contribution in [0, 0.1) is 0 Å². The third kappa shape index (κ3) is 3.26. The van der Waals surface area contributed by atoms with Crippen molar-refractivity contribution in [2.24, 2.45) is 0 Å². The number of thiophene rings is 2. The summed E-state index contributed by atoms with van der Waals surface area (Å²) in [7, 11) is 0. The number of hydrogen-bond donors (Lipinski definition) is 2. The number of nitrogens with zero attached hydrogens (tertiary/aromatic N) is 2. The molecule has 0 bridgehead atoms. The van der Waals surface area contributed by atoms with Crippen molar-refractivity contribution in [3.05, 3.63) is 69.2 Å². The second kappa shape index (κ2) is 6.87. The minimum absolute atomic E-state index is 0.0598. The summed E-state index contributed by atoms with van der Waals surface area (Å²) >= 11 is 3.16. The van der Waals surface area contributed by atoms with Gasteiger partial charge in [0.25, 0.3) is 5.56 Å². The van der Waals surface area contributed by atoms with Crippen LogP contribution in [-0.4, -0.2) is 15.0 Å². The van der Waals surface area contributed by atoms with E-state index in [0.717, 1.165) is 27.4 Å². The summed E-state index contributed by atoms with van der Waals surface area (Å²) in [5.41, 5.74) is 2.06. The van der Waals surface area contributed by atoms with Gasteiger partial charge in [-0.1, -0.05) is 12.1 Å². The standard InChI is InChI=1S/C18H16N4OS2/c1-11(20-9-12-4-2-6-19-8-12)16-21-17(23)15-13(10-25-18(15)22-16)14-5-3-7-24-14/h2-8,10-11,20H,9H2,1H3,(H,21,22,23)/p+1/t11-/m0/s1. The first-order chi connectivity index (χ1) is 12.2. The number of rotatable bonds is 5. The maximum atomic E-state index is 12.6. The molecule has 4 aromatic rings. The number of pyridine rings is 1. The Morgan fingerprint density at radius 3 is 2.96 bits per heavy atom. The van der Waals surface area contributed by atoms with Crippen LogP contribution in [0.1, 0.15) is 24.4 Å². The lowest BCUT2D eigenvalue weighted by atomic mass is 10.2. The molecule has 3 N–H and O–H groups in total. The first-order valence-electron chi connectivity index (χ1n) is 8.00. The van der Waals surface area contributed by atoms with Gasteiger partial charge in [0.15, 0.2) is 5.82 Å². The zero-order chi connectivity index (χ0) is 17.2. The fraction of sp³-hybridized carbons (Fsp3) is 0.167. The Morgan fingerprint density at radius 1 is 1.28 bits per heavy atom. The predicted molar refractivity (Wildman–Crippen MR) is 102 cm³/mol. The number of nitrogens with one attached hydrogen (secondary N) is 1. The summed E-state index contributed by atoms with van der Waals surface area (Å²) in [5, 5.41) is 6.88. The van der Waals surface area contributed by atoms with Crippen molar-refractivity contribution >= 4 is 32.9 Å². The fourth-order valence-corrected chi connectivity index (χ4v) is 4.51. The molecule has 0 aliphatic rings. The molecule has 0 unspecified atom stereocenters. The van der Waals surface area contributed by atoms with Crippen LogP contribution in [-0.2, 0) is 6.54 Å². The summed E-state index contributed by atoms with van der Waals surface area (Å²) in [6.45, 7) is 2.84. The molecule has 5 nitrogen and oxygen atoms in total. The third-order valence-corrected chi connectivity index (χ3v) is 5.89. The molecular weight excluding hydrogens is 352 g/mol. The molecule has 0 saturated carbocycles. The van der Waals surface area contributed by atoms with Gasteiger partial charge in [-0.3, -0.25) is 9.78 Å². The maximum Gasteiger partial charge on any atom is 0.260 e. The van der Waals surface area contributed by atoms with Gasteiger partial charge in [0.05, 0.1) is 5.39 Å². The summed E-state index contributed by atoms with van der Waals surface area (Å²) < 4.78 is 0. The van der Waals surface area contributed by atoms with E-state index in [1.165, 1.54) is 11.3 Å². The number of quaternary nitrogens is 1. The molecule has 0 spiro atoms. The third-order valence-electron chi connectivity index (χ3n) is 4.11. The number of nitrogens with two attached hydrogens (primary N) is 1. The molecule has 0 radical (unpaired) electrons. The number of hydrogen-bond acceptors (Lipinski definition) is 5. The number of H-pyrrole nitrogens is 1. The molecule has 1 atom stereocenters. The molecular formula is C18H17N4OS2+. The quantitative estimate of drug-likeness (QED) is 0.568. The lowest BCUT2D eigenvalue weighted by Crippen LogP contribution is -2.83. The van der Waals surface area contributed by atoms with E-state index < -0.39 is 0 Å². The van der Waals surface area contributed by atoms with Gasteiger partial charge in [0.2, 0.25) is 0 Å². The van der Waals surface area contributed by atoms with Gasteiger partial charge >= 0.3 is 0 Å². The highest BCUT2D eigenvalue weighted by Crippen LogP contribution is 2.33. The van der Waals surface area contributed by atoms with Crippen LogP contribution >= 0.6 is 22.7 Å². The van der Waals surface area contributed by atoms with Crippen LogP contribution in [0.5, 0.6) is 0 Å². The molecule has 4 aromatic heterocycles. The van der Waals surface area contributed by atoms with E-state index in [9.17, 15) is 4.79 Å². The first-order valence-corrected chi connectivity index (χ1v) is 9.76. The number of aromatic nitrogens is 3. The van der Waals surface area contributed by atoms with Crippen molar-refractivity contribution in [3.8, 4) is 10.4 Å². The topological polar surface area (TPSA) is 75.2 Å². The van der Waals surface area contributed by atoms with Crippen molar-refractivity contribution in [1.82, 2.24) is 15.0 Å². The van der Waals surface area contributed by atoms with Crippen LogP contribution in [0.4, 0.5) is 0 Å². The summed E-state index contributed by atoms with van der Waals surface area (Å²) in [6, 6.07) is 8.06. The average Bonchev–Trinajstić information content (AvgIpc) is 3.29. The molecule has 126 valence electrons. The van der Waals surface area contributed by atoms with E-state index >= 15 is 0 Å². The second-order valence-electron chi connectivity index (χ2n) is 5.85. The highest BCUT2D eigenvalue weighted by atomic mass is 32.1. The van der Waals surface area contributed by atoms with Crippen LogP contribution in [0.25, 0.3) is 20.7 Å². The van der Waals surface area contributed by atoms with Gasteiger partial charge in [-0.2, -0.15) is 0 Å². The lowest BCUT2D eigenvalue weighted by Gasteiger charge is -2.10. The molecule has 0 fully saturated rings. The molecule has 0 aromatic carbocycles. The molecule has 0 saturated heterocycles. The number of fused-ring (bicyclic) bond motifs is 1. The smallest absolute Gasteiger partial charge is 0.260 e. The van der Waals surface area contributed by atoms with Gasteiger partial charge < -0.3 is 10.3 Å². The van der Waals surface area contributed by atoms with Crippen LogP contribution < -0.4 is 10.9 Å². The second-order valence-corrected chi connectivity index (χ2v) is 7.65. The van der Waals surface area contributed by atoms with Crippen molar-refractivity contribution in [1.29, 1.82) is 0 Å². The zero-order valence-electron chi connectivity index (χ0n) is 13.6. The SMILES string of the molecule is C[C@H]([NH2+]Cc1cccnc1)c1nc2scc(-c3cccs3)c2c(=O)[nH]1. The van der Waals surface area contributed by atoms with Crippen LogP contribution in [0.2, 0.25) is 0 Å². The van der Waals surface area contributed by atoms with Gasteiger partial charge in [0, 0.05) is 33.8 Å². The molecule has 0 amide bonds. The number of aromatic amines is 1. The zero-order valence-corrected chi connectivity index (χ0v) is 15.2. The van der Waals surface area contributed by atoms with E-state index in [4.69, 9.17) is 4.98 Å². The van der Waals surface area contributed by atoms with E-state index in [1.807, 2.05) is 48.1 Å². The normalized spacial score (nSPS) is 12.5. The summed E-state index contributed by atoms with van der Waals surface area (Å²) in [4.78, 5) is 26.3. The highest BCUT2D eigenvalue weighted by molar-refractivity contribution is 7.18. The molecule has 4 heterocycles. The Kier molecular flexibility index (Phi) is 4.44. The minimum Gasteiger partial charge on any atom is -0.334 e. The predicted octanol–water partition coefficient (Wildman–Crippen LogP) is 2.93. The Morgan fingerprint density at radius 2 is 2.20 bits per heavy atom.